The van der Waals surface area contributed by atoms with Gasteiger partial charge in [0, 0.05) is 12.8 Å². The number of nitrogens with two attached hydrogens (primary N) is 1. The van der Waals surface area contributed by atoms with E-state index in [1.807, 2.05) is 17.6 Å². The third kappa shape index (κ3) is 3.17. The maximum atomic E-state index is 12.1. The lowest BCUT2D eigenvalue weighted by molar-refractivity contribution is 0.451. The van der Waals surface area contributed by atoms with E-state index in [1.54, 1.807) is 12.1 Å². The highest BCUT2D eigenvalue weighted by molar-refractivity contribution is 7.91. The van der Waals surface area contributed by atoms with Crippen molar-refractivity contribution in [3.63, 3.8) is 0 Å². The number of benzene rings is 1. The molecule has 2 atom stereocenters. The molecule has 2 rings (SSSR count). The summed E-state index contributed by atoms with van der Waals surface area (Å²) in [5.74, 6) is 1.20. The molecule has 0 aliphatic rings. The molecule has 0 fully saturated rings. The fourth-order valence-electron chi connectivity index (χ4n) is 2.56. The SMILES string of the molecule is CCC(C)Cn1c([C@@H](N)CC)nc2cccc(S(C)(=O)=O)c21. The first-order valence-electron chi connectivity index (χ1n) is 7.74. The van der Waals surface area contributed by atoms with Gasteiger partial charge in [-0.05, 0) is 24.5 Å². The molecule has 1 aromatic carbocycles. The van der Waals surface area contributed by atoms with Crippen molar-refractivity contribution >= 4 is 20.9 Å². The van der Waals surface area contributed by atoms with Crippen molar-refractivity contribution < 1.29 is 8.42 Å². The monoisotopic (exact) mass is 323 g/mol. The molecule has 0 aliphatic heterocycles. The van der Waals surface area contributed by atoms with E-state index >= 15 is 0 Å². The molecular weight excluding hydrogens is 298 g/mol. The van der Waals surface area contributed by atoms with Crippen molar-refractivity contribution in [3.8, 4) is 0 Å². The van der Waals surface area contributed by atoms with Crippen LogP contribution in [-0.2, 0) is 16.4 Å². The van der Waals surface area contributed by atoms with Crippen molar-refractivity contribution in [2.75, 3.05) is 6.26 Å². The Morgan fingerprint density at radius 2 is 1.95 bits per heavy atom. The van der Waals surface area contributed by atoms with Crippen LogP contribution in [0.3, 0.4) is 0 Å². The number of hydrogen-bond donors (Lipinski definition) is 1. The minimum absolute atomic E-state index is 0.191. The molecular formula is C16H25N3O2S. The van der Waals surface area contributed by atoms with Crippen LogP contribution in [0.5, 0.6) is 0 Å². The topological polar surface area (TPSA) is 78.0 Å². The number of imidazole rings is 1. The zero-order chi connectivity index (χ0) is 16.5. The molecule has 0 aliphatic carbocycles. The first-order valence-corrected chi connectivity index (χ1v) is 9.63. The van der Waals surface area contributed by atoms with Crippen LogP contribution in [0.4, 0.5) is 0 Å². The Balaban J connectivity index is 2.78. The largest absolute Gasteiger partial charge is 0.325 e. The third-order valence-corrected chi connectivity index (χ3v) is 5.25. The van der Waals surface area contributed by atoms with E-state index in [2.05, 4.69) is 18.8 Å². The van der Waals surface area contributed by atoms with Crippen LogP contribution in [0.2, 0.25) is 0 Å². The van der Waals surface area contributed by atoms with Crippen molar-refractivity contribution in [1.29, 1.82) is 0 Å². The molecule has 0 amide bonds. The van der Waals surface area contributed by atoms with E-state index < -0.39 is 9.84 Å². The lowest BCUT2D eigenvalue weighted by Crippen LogP contribution is -2.19. The van der Waals surface area contributed by atoms with Gasteiger partial charge in [-0.15, -0.1) is 0 Å². The molecule has 0 bridgehead atoms. The maximum absolute atomic E-state index is 12.1. The smallest absolute Gasteiger partial charge is 0.177 e. The van der Waals surface area contributed by atoms with E-state index in [1.165, 1.54) is 6.26 Å². The summed E-state index contributed by atoms with van der Waals surface area (Å²) in [6.07, 6.45) is 3.02. The van der Waals surface area contributed by atoms with Crippen LogP contribution in [0.15, 0.2) is 23.1 Å². The van der Waals surface area contributed by atoms with E-state index in [4.69, 9.17) is 5.73 Å². The number of aromatic nitrogens is 2. The normalized spacial score (nSPS) is 15.1. The van der Waals surface area contributed by atoms with Gasteiger partial charge in [-0.3, -0.25) is 0 Å². The summed E-state index contributed by atoms with van der Waals surface area (Å²) in [6, 6.07) is 5.04. The van der Waals surface area contributed by atoms with Crippen molar-refractivity contribution in [1.82, 2.24) is 9.55 Å². The zero-order valence-corrected chi connectivity index (χ0v) is 14.5. The summed E-state index contributed by atoms with van der Waals surface area (Å²) >= 11 is 0. The van der Waals surface area contributed by atoms with E-state index in [-0.39, 0.29) is 6.04 Å². The summed E-state index contributed by atoms with van der Waals surface area (Å²) in [6.45, 7) is 7.01. The lowest BCUT2D eigenvalue weighted by Gasteiger charge is -2.17. The number of para-hydroxylation sites is 1. The average molecular weight is 323 g/mol. The van der Waals surface area contributed by atoms with E-state index in [9.17, 15) is 8.42 Å². The second-order valence-electron chi connectivity index (χ2n) is 6.00. The van der Waals surface area contributed by atoms with E-state index in [0.717, 1.165) is 25.2 Å². The Labute approximate surface area is 132 Å². The molecule has 2 aromatic rings. The number of fused-ring (bicyclic) bond motifs is 1. The average Bonchev–Trinajstić information content (AvgIpc) is 2.83. The van der Waals surface area contributed by atoms with Gasteiger partial charge in [0.25, 0.3) is 0 Å². The summed E-state index contributed by atoms with van der Waals surface area (Å²) in [5, 5.41) is 0. The number of sulfone groups is 1. The summed E-state index contributed by atoms with van der Waals surface area (Å²) < 4.78 is 26.3. The fraction of sp³-hybridized carbons (Fsp3) is 0.562. The Bertz CT molecular complexity index is 765. The molecule has 122 valence electrons. The maximum Gasteiger partial charge on any atom is 0.177 e. The van der Waals surface area contributed by atoms with Gasteiger partial charge in [0.05, 0.1) is 22.0 Å². The van der Waals surface area contributed by atoms with Crippen LogP contribution in [0.25, 0.3) is 11.0 Å². The van der Waals surface area contributed by atoms with Crippen molar-refractivity contribution in [2.24, 2.45) is 11.7 Å². The highest BCUT2D eigenvalue weighted by atomic mass is 32.2. The quantitative estimate of drug-likeness (QED) is 0.886. The number of rotatable bonds is 6. The van der Waals surface area contributed by atoms with Gasteiger partial charge < -0.3 is 10.3 Å². The number of nitrogens with zero attached hydrogens (tertiary/aromatic N) is 2. The molecule has 22 heavy (non-hydrogen) atoms. The molecule has 1 unspecified atom stereocenters. The van der Waals surface area contributed by atoms with Gasteiger partial charge in [0.1, 0.15) is 5.82 Å². The standard InChI is InChI=1S/C16H25N3O2S/c1-5-11(3)10-19-15-13(18-16(19)12(17)6-2)8-7-9-14(15)22(4,20)21/h7-9,11-12H,5-6,10,17H2,1-4H3/t11?,12-/m0/s1. The number of hydrogen-bond acceptors (Lipinski definition) is 4. The Morgan fingerprint density at radius 3 is 2.50 bits per heavy atom. The first-order chi connectivity index (χ1) is 10.3. The second-order valence-corrected chi connectivity index (χ2v) is 7.99. The summed E-state index contributed by atoms with van der Waals surface area (Å²) in [4.78, 5) is 4.95. The van der Waals surface area contributed by atoms with Crippen LogP contribution < -0.4 is 5.73 Å². The Kier molecular flexibility index (Phi) is 4.92. The molecule has 0 spiro atoms. The third-order valence-electron chi connectivity index (χ3n) is 4.12. The van der Waals surface area contributed by atoms with Gasteiger partial charge in [0.2, 0.25) is 0 Å². The van der Waals surface area contributed by atoms with Crippen LogP contribution in [0.1, 0.15) is 45.5 Å². The fourth-order valence-corrected chi connectivity index (χ4v) is 3.45. The highest BCUT2D eigenvalue weighted by Crippen LogP contribution is 2.28. The minimum Gasteiger partial charge on any atom is -0.325 e. The Morgan fingerprint density at radius 1 is 1.27 bits per heavy atom. The van der Waals surface area contributed by atoms with Crippen molar-refractivity contribution in [2.45, 2.75) is 51.1 Å². The van der Waals surface area contributed by atoms with Gasteiger partial charge >= 0.3 is 0 Å². The van der Waals surface area contributed by atoms with Gasteiger partial charge in [-0.2, -0.15) is 0 Å². The molecule has 1 heterocycles. The molecule has 2 N–H and O–H groups in total. The van der Waals surface area contributed by atoms with Crippen LogP contribution in [-0.4, -0.2) is 24.2 Å². The Hall–Kier alpha value is -1.40. The van der Waals surface area contributed by atoms with E-state index in [0.29, 0.717) is 21.8 Å². The molecule has 0 saturated heterocycles. The molecule has 1 aromatic heterocycles. The zero-order valence-electron chi connectivity index (χ0n) is 13.7. The van der Waals surface area contributed by atoms with Gasteiger partial charge in [-0.1, -0.05) is 33.3 Å². The highest BCUT2D eigenvalue weighted by Gasteiger charge is 2.22. The minimum atomic E-state index is -3.32. The van der Waals surface area contributed by atoms with Gasteiger partial charge in [0.15, 0.2) is 9.84 Å². The molecule has 0 radical (unpaired) electrons. The first kappa shape index (κ1) is 17.0. The summed E-state index contributed by atoms with van der Waals surface area (Å²) in [7, 11) is -3.32. The predicted molar refractivity (Wildman–Crippen MR) is 89.5 cm³/mol. The molecule has 0 saturated carbocycles. The van der Waals surface area contributed by atoms with Crippen molar-refractivity contribution in [3.05, 3.63) is 24.0 Å². The predicted octanol–water partition coefficient (Wildman–Crippen LogP) is 2.90. The molecule has 6 heteroatoms. The summed E-state index contributed by atoms with van der Waals surface area (Å²) in [5.41, 5.74) is 7.59. The van der Waals surface area contributed by atoms with Crippen LogP contribution >= 0.6 is 0 Å². The lowest BCUT2D eigenvalue weighted by atomic mass is 10.1. The van der Waals surface area contributed by atoms with Gasteiger partial charge in [-0.25, -0.2) is 13.4 Å². The second kappa shape index (κ2) is 6.38. The van der Waals surface area contributed by atoms with Crippen LogP contribution in [0, 0.1) is 5.92 Å². The molecule has 5 nitrogen and oxygen atoms in total.